The van der Waals surface area contributed by atoms with Crippen molar-refractivity contribution in [3.63, 3.8) is 0 Å². The Morgan fingerprint density at radius 2 is 1.89 bits per heavy atom. The van der Waals surface area contributed by atoms with Crippen molar-refractivity contribution < 1.29 is 9.21 Å². The third kappa shape index (κ3) is 2.75. The molecular formula is C14H13N3O2. The van der Waals surface area contributed by atoms with Crippen molar-refractivity contribution in [2.24, 2.45) is 0 Å². The first-order valence-electron chi connectivity index (χ1n) is 5.75. The van der Waals surface area contributed by atoms with E-state index >= 15 is 0 Å². The summed E-state index contributed by atoms with van der Waals surface area (Å²) >= 11 is 0. The number of benzene rings is 1. The number of rotatable bonds is 2. The fraction of sp³-hybridized carbons (Fsp3) is 0.143. The lowest BCUT2D eigenvalue weighted by Gasteiger charge is -2.05. The summed E-state index contributed by atoms with van der Waals surface area (Å²) in [5.74, 6) is 0.789. The van der Waals surface area contributed by atoms with Crippen LogP contribution in [0.5, 0.6) is 0 Å². The summed E-state index contributed by atoms with van der Waals surface area (Å²) in [6.07, 6.45) is 0. The van der Waals surface area contributed by atoms with E-state index in [1.54, 1.807) is 26.0 Å². The van der Waals surface area contributed by atoms with Gasteiger partial charge in [0.2, 0.25) is 5.88 Å². The molecule has 0 saturated heterocycles. The number of carbonyl (C=O) groups excluding carboxylic acids is 1. The van der Waals surface area contributed by atoms with Crippen molar-refractivity contribution in [1.29, 1.82) is 5.26 Å². The van der Waals surface area contributed by atoms with Crippen LogP contribution in [0.15, 0.2) is 34.7 Å². The van der Waals surface area contributed by atoms with Crippen molar-refractivity contribution in [1.82, 2.24) is 0 Å². The summed E-state index contributed by atoms with van der Waals surface area (Å²) in [4.78, 5) is 11.8. The molecule has 19 heavy (non-hydrogen) atoms. The number of nitrogens with zero attached hydrogens (tertiary/aromatic N) is 1. The summed E-state index contributed by atoms with van der Waals surface area (Å²) in [5, 5.41) is 14.2. The number of amides is 2. The van der Waals surface area contributed by atoms with Gasteiger partial charge in [-0.3, -0.25) is 5.32 Å². The number of hydrogen-bond acceptors (Lipinski definition) is 3. The maximum absolute atomic E-state index is 11.8. The van der Waals surface area contributed by atoms with Gasteiger partial charge in [0.1, 0.15) is 17.4 Å². The molecule has 2 amide bonds. The number of aryl methyl sites for hydroxylation is 1. The van der Waals surface area contributed by atoms with E-state index in [1.165, 1.54) is 0 Å². The topological polar surface area (TPSA) is 78.1 Å². The van der Waals surface area contributed by atoms with Crippen LogP contribution >= 0.6 is 0 Å². The molecule has 2 N–H and O–H groups in total. The Kier molecular flexibility index (Phi) is 3.53. The second kappa shape index (κ2) is 5.27. The van der Waals surface area contributed by atoms with Crippen LogP contribution in [0.4, 0.5) is 16.4 Å². The van der Waals surface area contributed by atoms with E-state index in [2.05, 4.69) is 10.6 Å². The zero-order valence-electron chi connectivity index (χ0n) is 10.7. The van der Waals surface area contributed by atoms with Gasteiger partial charge in [0.25, 0.3) is 0 Å². The van der Waals surface area contributed by atoms with Gasteiger partial charge < -0.3 is 9.73 Å². The van der Waals surface area contributed by atoms with Gasteiger partial charge in [0.05, 0.1) is 0 Å². The summed E-state index contributed by atoms with van der Waals surface area (Å²) in [5.41, 5.74) is 1.75. The minimum atomic E-state index is -0.448. The SMILES string of the molecule is Cc1oc(NC(=O)Nc2ccccc2)c(C#N)c1C. The molecule has 1 aromatic carbocycles. The molecule has 2 rings (SSSR count). The van der Waals surface area contributed by atoms with Crippen LogP contribution in [0.1, 0.15) is 16.9 Å². The average molecular weight is 255 g/mol. The van der Waals surface area contributed by atoms with Gasteiger partial charge >= 0.3 is 6.03 Å². The molecule has 0 spiro atoms. The van der Waals surface area contributed by atoms with Crippen LogP contribution in [0.3, 0.4) is 0 Å². The minimum Gasteiger partial charge on any atom is -0.444 e. The molecular weight excluding hydrogens is 242 g/mol. The maximum atomic E-state index is 11.8. The number of furan rings is 1. The van der Waals surface area contributed by atoms with E-state index in [4.69, 9.17) is 9.68 Å². The minimum absolute atomic E-state index is 0.172. The van der Waals surface area contributed by atoms with Crippen LogP contribution in [0, 0.1) is 25.2 Å². The fourth-order valence-electron chi connectivity index (χ4n) is 1.64. The van der Waals surface area contributed by atoms with E-state index in [9.17, 15) is 4.79 Å². The predicted molar refractivity (Wildman–Crippen MR) is 72.0 cm³/mol. The molecule has 0 unspecified atom stereocenters. The summed E-state index contributed by atoms with van der Waals surface area (Å²) < 4.78 is 5.35. The predicted octanol–water partition coefficient (Wildman–Crippen LogP) is 3.41. The Hall–Kier alpha value is -2.74. The Morgan fingerprint density at radius 3 is 2.53 bits per heavy atom. The standard InChI is InChI=1S/C14H13N3O2/c1-9-10(2)19-13(12(9)8-15)17-14(18)16-11-6-4-3-5-7-11/h3-7H,1-2H3,(H2,16,17,18). The van der Waals surface area contributed by atoms with Crippen LogP contribution in [-0.2, 0) is 0 Å². The molecule has 0 saturated carbocycles. The lowest BCUT2D eigenvalue weighted by Crippen LogP contribution is -2.19. The molecule has 2 aromatic rings. The molecule has 5 nitrogen and oxygen atoms in total. The Balaban J connectivity index is 2.12. The van der Waals surface area contributed by atoms with E-state index in [0.29, 0.717) is 17.0 Å². The van der Waals surface area contributed by atoms with Gasteiger partial charge in [-0.1, -0.05) is 18.2 Å². The van der Waals surface area contributed by atoms with Crippen molar-refractivity contribution in [3.8, 4) is 6.07 Å². The highest BCUT2D eigenvalue weighted by molar-refractivity contribution is 5.99. The van der Waals surface area contributed by atoms with Crippen molar-refractivity contribution in [2.75, 3.05) is 10.6 Å². The van der Waals surface area contributed by atoms with Gasteiger partial charge in [-0.15, -0.1) is 0 Å². The van der Waals surface area contributed by atoms with Crippen LogP contribution < -0.4 is 10.6 Å². The molecule has 0 aliphatic heterocycles. The first kappa shape index (κ1) is 12.7. The molecule has 0 radical (unpaired) electrons. The first-order chi connectivity index (χ1) is 9.11. The zero-order chi connectivity index (χ0) is 13.8. The van der Waals surface area contributed by atoms with Crippen molar-refractivity contribution in [2.45, 2.75) is 13.8 Å². The summed E-state index contributed by atoms with van der Waals surface area (Å²) in [6, 6.07) is 10.6. The monoisotopic (exact) mass is 255 g/mol. The molecule has 5 heteroatoms. The summed E-state index contributed by atoms with van der Waals surface area (Å²) in [7, 11) is 0. The third-order valence-corrected chi connectivity index (χ3v) is 2.76. The highest BCUT2D eigenvalue weighted by Gasteiger charge is 2.16. The molecule has 0 fully saturated rings. The summed E-state index contributed by atoms with van der Waals surface area (Å²) in [6.45, 7) is 3.52. The quantitative estimate of drug-likeness (QED) is 0.863. The highest BCUT2D eigenvalue weighted by atomic mass is 16.4. The lowest BCUT2D eigenvalue weighted by atomic mass is 10.2. The number of nitriles is 1. The third-order valence-electron chi connectivity index (χ3n) is 2.76. The van der Waals surface area contributed by atoms with E-state index in [-0.39, 0.29) is 5.88 Å². The normalized spacial score (nSPS) is 9.74. The second-order valence-electron chi connectivity index (χ2n) is 4.04. The fourth-order valence-corrected chi connectivity index (χ4v) is 1.64. The van der Waals surface area contributed by atoms with Gasteiger partial charge in [-0.2, -0.15) is 5.26 Å². The first-order valence-corrected chi connectivity index (χ1v) is 5.75. The molecule has 1 aromatic heterocycles. The van der Waals surface area contributed by atoms with Gasteiger partial charge in [-0.25, -0.2) is 4.79 Å². The molecule has 0 aliphatic carbocycles. The van der Waals surface area contributed by atoms with E-state index < -0.39 is 6.03 Å². The Bertz CT molecular complexity index is 639. The average Bonchev–Trinajstić information content (AvgIpc) is 2.65. The zero-order valence-corrected chi connectivity index (χ0v) is 10.7. The van der Waals surface area contributed by atoms with Crippen molar-refractivity contribution in [3.05, 3.63) is 47.2 Å². The number of hydrogen-bond donors (Lipinski definition) is 2. The molecule has 1 heterocycles. The van der Waals surface area contributed by atoms with Crippen LogP contribution in [0.25, 0.3) is 0 Å². The molecule has 0 atom stereocenters. The molecule has 0 bridgehead atoms. The second-order valence-corrected chi connectivity index (χ2v) is 4.04. The van der Waals surface area contributed by atoms with E-state index in [1.807, 2.05) is 24.3 Å². The smallest absolute Gasteiger partial charge is 0.326 e. The largest absolute Gasteiger partial charge is 0.444 e. The maximum Gasteiger partial charge on any atom is 0.326 e. The van der Waals surface area contributed by atoms with Gasteiger partial charge in [-0.05, 0) is 26.0 Å². The number of nitrogens with one attached hydrogen (secondary N) is 2. The van der Waals surface area contributed by atoms with Gasteiger partial charge in [0.15, 0.2) is 0 Å². The van der Waals surface area contributed by atoms with E-state index in [0.717, 1.165) is 5.56 Å². The number of anilines is 2. The van der Waals surface area contributed by atoms with Gasteiger partial charge in [0, 0.05) is 11.3 Å². The number of urea groups is 1. The van der Waals surface area contributed by atoms with Crippen molar-refractivity contribution >= 4 is 17.6 Å². The lowest BCUT2D eigenvalue weighted by molar-refractivity contribution is 0.261. The Morgan fingerprint density at radius 1 is 1.21 bits per heavy atom. The molecule has 96 valence electrons. The van der Waals surface area contributed by atoms with Crippen LogP contribution in [-0.4, -0.2) is 6.03 Å². The Labute approximate surface area is 110 Å². The highest BCUT2D eigenvalue weighted by Crippen LogP contribution is 2.25. The number of para-hydroxylation sites is 1. The number of carbonyl (C=O) groups is 1. The molecule has 0 aliphatic rings. The van der Waals surface area contributed by atoms with Crippen LogP contribution in [0.2, 0.25) is 0 Å².